The number of aromatic amines is 1. The number of hydrogen-bond donors (Lipinski definition) is 10. The molecule has 6 heterocycles. The minimum atomic E-state index is -2.27. The van der Waals surface area contributed by atoms with E-state index in [-0.39, 0.29) is 17.9 Å². The number of carbonyl (C=O) groups is 7. The number of carbonyl (C=O) groups excluding carboxylic acids is 3. The number of rotatable bonds is 13. The zero-order chi connectivity index (χ0) is 56.9. The summed E-state index contributed by atoms with van der Waals surface area (Å²) < 4.78 is 23.9. The second-order valence-corrected chi connectivity index (χ2v) is 20.3. The fourth-order valence-electron chi connectivity index (χ4n) is 13.4. The third-order valence-corrected chi connectivity index (χ3v) is 16.4. The smallest absolute Gasteiger partial charge is 0.344 e. The second kappa shape index (κ2) is 21.8. The van der Waals surface area contributed by atoms with Gasteiger partial charge >= 0.3 is 41.8 Å². The van der Waals surface area contributed by atoms with Crippen molar-refractivity contribution in [2.24, 2.45) is 11.3 Å². The minimum Gasteiger partial charge on any atom is -0.496 e. The van der Waals surface area contributed by atoms with E-state index in [1.807, 2.05) is 37.1 Å². The van der Waals surface area contributed by atoms with Gasteiger partial charge in [0.1, 0.15) is 11.2 Å². The van der Waals surface area contributed by atoms with E-state index in [2.05, 4.69) is 58.1 Å². The van der Waals surface area contributed by atoms with Crippen LogP contribution in [0, 0.1) is 11.3 Å². The third-order valence-electron chi connectivity index (χ3n) is 16.4. The van der Waals surface area contributed by atoms with Gasteiger partial charge in [-0.3, -0.25) is 19.4 Å². The molecule has 24 nitrogen and oxygen atoms in total. The van der Waals surface area contributed by atoms with Crippen molar-refractivity contribution < 1.29 is 98.5 Å². The molecule has 2 aromatic carbocycles. The normalized spacial score (nSPS) is 29.9. The lowest BCUT2D eigenvalue weighted by Crippen LogP contribution is -2.81. The molecule has 1 saturated heterocycles. The van der Waals surface area contributed by atoms with Gasteiger partial charge in [0.05, 0.1) is 27.4 Å². The Labute approximate surface area is 441 Å². The summed E-state index contributed by atoms with van der Waals surface area (Å²) in [7, 11) is 6.22. The fourth-order valence-corrected chi connectivity index (χ4v) is 13.4. The number of esters is 3. The lowest BCUT2D eigenvalue weighted by molar-refractivity contribution is -0.228. The highest BCUT2D eigenvalue weighted by Gasteiger charge is 2.80. The largest absolute Gasteiger partial charge is 0.496 e. The number of carboxylic acids is 4. The molecule has 1 saturated carbocycles. The van der Waals surface area contributed by atoms with Crippen molar-refractivity contribution in [2.45, 2.75) is 112 Å². The van der Waals surface area contributed by atoms with E-state index < -0.39 is 94.2 Å². The first-order valence-electron chi connectivity index (χ1n) is 24.9. The number of methoxy groups -OCH3 is 3. The van der Waals surface area contributed by atoms with E-state index in [4.69, 9.17) is 59.8 Å². The van der Waals surface area contributed by atoms with Crippen molar-refractivity contribution >= 4 is 58.4 Å². The van der Waals surface area contributed by atoms with Crippen LogP contribution < -0.4 is 9.64 Å². The predicted octanol–water partition coefficient (Wildman–Crippen LogP) is 0.508. The number of nitrogens with zero attached hydrogens (tertiary/aromatic N) is 3. The molecular formula is C53H66N4O20. The van der Waals surface area contributed by atoms with Gasteiger partial charge in [-0.25, -0.2) is 24.0 Å². The van der Waals surface area contributed by atoms with Crippen LogP contribution in [0.25, 0.3) is 10.9 Å². The number of H-pyrrole nitrogens is 1. The number of anilines is 1. The Morgan fingerprint density at radius 3 is 1.94 bits per heavy atom. The molecule has 1 aromatic heterocycles. The number of likely N-dealkylation sites (N-methyl/N-ethyl adjacent to an activating group) is 1. The molecule has 77 heavy (non-hydrogen) atoms. The Morgan fingerprint density at radius 1 is 0.805 bits per heavy atom. The van der Waals surface area contributed by atoms with Crippen LogP contribution in [0.1, 0.15) is 68.8 Å². The molecule has 0 radical (unpaired) electrons. The van der Waals surface area contributed by atoms with Gasteiger partial charge in [0.2, 0.25) is 5.60 Å². The second-order valence-electron chi connectivity index (χ2n) is 20.3. The van der Waals surface area contributed by atoms with Gasteiger partial charge in [0.25, 0.3) is 0 Å². The molecule has 2 fully saturated rings. The summed E-state index contributed by atoms with van der Waals surface area (Å²) in [6, 6.07) is 11.2. The van der Waals surface area contributed by atoms with E-state index in [1.54, 1.807) is 7.11 Å². The summed E-state index contributed by atoms with van der Waals surface area (Å²) in [6.07, 6.45) is -1.39. The van der Waals surface area contributed by atoms with Gasteiger partial charge in [0.15, 0.2) is 30.5 Å². The highest BCUT2D eigenvalue weighted by Crippen LogP contribution is 2.68. The maximum Gasteiger partial charge on any atom is 0.344 e. The maximum absolute atomic E-state index is 15.2. The molecule has 9 rings (SSSR count). The summed E-state index contributed by atoms with van der Waals surface area (Å²) in [6.45, 7) is 9.19. The van der Waals surface area contributed by atoms with E-state index in [0.717, 1.165) is 52.9 Å². The number of aliphatic carboxylic acids is 4. The summed E-state index contributed by atoms with van der Waals surface area (Å²) >= 11 is 0. The number of para-hydroxylation sites is 1. The van der Waals surface area contributed by atoms with Crippen LogP contribution in [0.2, 0.25) is 0 Å². The van der Waals surface area contributed by atoms with Crippen LogP contribution in [-0.4, -0.2) is 205 Å². The fraction of sp³-hybridized carbons (Fsp3) is 0.528. The Balaban J connectivity index is 0.000000365. The number of aliphatic hydroxyl groups is 5. The van der Waals surface area contributed by atoms with Gasteiger partial charge in [-0.15, -0.1) is 0 Å². The summed E-state index contributed by atoms with van der Waals surface area (Å²) in [4.78, 5) is 92.2. The monoisotopic (exact) mass is 1080 g/mol. The molecule has 0 amide bonds. The highest BCUT2D eigenvalue weighted by molar-refractivity contribution is 5.95. The highest BCUT2D eigenvalue weighted by atomic mass is 16.6. The number of carboxylic acid groups (broad SMARTS) is 4. The van der Waals surface area contributed by atoms with Crippen molar-refractivity contribution in [1.82, 2.24) is 14.8 Å². The molecule has 13 atom stereocenters. The first-order valence-corrected chi connectivity index (χ1v) is 24.9. The van der Waals surface area contributed by atoms with Gasteiger partial charge in [-0.05, 0) is 61.4 Å². The van der Waals surface area contributed by atoms with Gasteiger partial charge in [-0.2, -0.15) is 0 Å². The summed E-state index contributed by atoms with van der Waals surface area (Å²) in [5, 5.41) is 79.4. The van der Waals surface area contributed by atoms with Gasteiger partial charge in [-0.1, -0.05) is 55.8 Å². The number of benzene rings is 2. The van der Waals surface area contributed by atoms with Crippen molar-refractivity contribution in [2.75, 3.05) is 59.5 Å². The number of aromatic nitrogens is 1. The molecule has 10 N–H and O–H groups in total. The van der Waals surface area contributed by atoms with Crippen LogP contribution in [-0.2, 0) is 65.1 Å². The average molecular weight is 1080 g/mol. The van der Waals surface area contributed by atoms with Crippen LogP contribution >= 0.6 is 0 Å². The summed E-state index contributed by atoms with van der Waals surface area (Å²) in [5.41, 5.74) is 1.05. The van der Waals surface area contributed by atoms with Crippen molar-refractivity contribution in [3.8, 4) is 5.75 Å². The van der Waals surface area contributed by atoms with Crippen molar-refractivity contribution in [3.05, 3.63) is 82.6 Å². The Bertz CT molecular complexity index is 2830. The molecule has 2 bridgehead atoms. The van der Waals surface area contributed by atoms with Crippen LogP contribution in [0.15, 0.2) is 60.2 Å². The molecule has 3 aromatic rings. The Morgan fingerprint density at radius 2 is 1.40 bits per heavy atom. The van der Waals surface area contributed by atoms with Crippen LogP contribution in [0.3, 0.4) is 0 Å². The zero-order valence-corrected chi connectivity index (χ0v) is 43.5. The van der Waals surface area contributed by atoms with E-state index in [1.165, 1.54) is 26.7 Å². The standard InChI is InChI=1S/C45H54N4O8.2C4H6O6/c1-8-27-19-28-22-44(40(51)55-6,36-30(25-48(23-27)24-28)29-13-10-11-14-33(29)46-36)32-20-31-34(21-35(32)54-5)47(4)38-43(31)16-18-49-17-12-15-42(9-2,37(43)49)39(57-26(3)50)45(38,53)41(52)56-7;2*5-1(3(7)8)2(6)4(9)10/h10-15,19-21,28,37-39,46,53H,8-9,16-18,22-25H2,1-7H3;2*1-2,5-6H,(H,7,8)(H,9,10)/t28?,37?,38?,39?,42-,43-,44+,45+;;/m1../s1. The molecule has 1 aliphatic carbocycles. The van der Waals surface area contributed by atoms with E-state index in [9.17, 15) is 33.9 Å². The molecule has 1 spiro atoms. The SMILES string of the molecule is CCC1=CC2CN(C1)Cc1c([nH]c3ccccc13)[C@@](C(=O)OC)(c1cc3c(cc1OC)N(C)C1[C@@](O)(C(=O)OC)C(OC(C)=O)[C@]4(CC)C=CCN5CC[C@]31C54)C2.O=C(O)C(O)C(O)C(=O)O.O=C(O)C(O)C(O)C(=O)O. The molecule has 5 aliphatic heterocycles. The van der Waals surface area contributed by atoms with E-state index in [0.29, 0.717) is 50.2 Å². The van der Waals surface area contributed by atoms with Gasteiger partial charge < -0.3 is 74.8 Å². The molecule has 24 heteroatoms. The molecule has 6 aliphatic rings. The minimum absolute atomic E-state index is 0.0284. The van der Waals surface area contributed by atoms with Crippen LogP contribution in [0.4, 0.5) is 5.69 Å². The maximum atomic E-state index is 15.2. The first kappa shape index (κ1) is 57.8. The molecule has 9 unspecified atom stereocenters. The quantitative estimate of drug-likeness (QED) is 0.0633. The summed E-state index contributed by atoms with van der Waals surface area (Å²) in [5.74, 6) is -8.39. The first-order chi connectivity index (χ1) is 36.3. The third kappa shape index (κ3) is 9.27. The Hall–Kier alpha value is -6.93. The number of aliphatic hydroxyl groups excluding tert-OH is 4. The average Bonchev–Trinajstić information content (AvgIpc) is 4.06. The Kier molecular flexibility index (Phi) is 16.4. The number of nitrogens with one attached hydrogen (secondary N) is 1. The van der Waals surface area contributed by atoms with E-state index >= 15 is 4.79 Å². The predicted molar refractivity (Wildman–Crippen MR) is 269 cm³/mol. The number of ether oxygens (including phenoxy) is 4. The molecular weight excluding hydrogens is 1010 g/mol. The van der Waals surface area contributed by atoms with Crippen molar-refractivity contribution in [1.29, 1.82) is 0 Å². The lowest BCUT2D eigenvalue weighted by atomic mass is 9.47. The lowest BCUT2D eigenvalue weighted by Gasteiger charge is -2.63. The van der Waals surface area contributed by atoms with Gasteiger partial charge in [0, 0.05) is 90.9 Å². The zero-order valence-electron chi connectivity index (χ0n) is 43.5. The molecule has 418 valence electrons. The van der Waals surface area contributed by atoms with Crippen molar-refractivity contribution in [3.63, 3.8) is 0 Å². The number of hydrogen-bond acceptors (Lipinski definition) is 19. The van der Waals surface area contributed by atoms with Crippen LogP contribution in [0.5, 0.6) is 5.75 Å². The number of fused-ring (bicyclic) bond motifs is 6. The topological polar surface area (TPSA) is 364 Å².